The standard InChI is InChI=1S/C15H15Cl2N3O3/c1-15(2,3)23-14(21)20-10-4-5-12(11(17)6-10)22-13-18-7-9(16)8-19-13/h4-8H,1-3H3,(H,20,21). The maximum Gasteiger partial charge on any atom is 0.412 e. The molecule has 0 aliphatic rings. The summed E-state index contributed by atoms with van der Waals surface area (Å²) >= 11 is 11.8. The molecule has 0 fully saturated rings. The highest BCUT2D eigenvalue weighted by Gasteiger charge is 2.16. The summed E-state index contributed by atoms with van der Waals surface area (Å²) in [5, 5.41) is 3.28. The molecule has 0 atom stereocenters. The van der Waals surface area contributed by atoms with E-state index in [2.05, 4.69) is 15.3 Å². The number of amides is 1. The third-order valence-corrected chi connectivity index (χ3v) is 2.87. The topological polar surface area (TPSA) is 73.3 Å². The number of aromatic nitrogens is 2. The Labute approximate surface area is 143 Å². The molecule has 0 saturated heterocycles. The molecule has 0 aliphatic heterocycles. The Kier molecular flexibility index (Phi) is 5.28. The number of rotatable bonds is 3. The molecule has 1 aromatic carbocycles. The SMILES string of the molecule is CC(C)(C)OC(=O)Nc1ccc(Oc2ncc(Cl)cn2)c(Cl)c1. The summed E-state index contributed by atoms with van der Waals surface area (Å²) in [6, 6.07) is 4.87. The van der Waals surface area contributed by atoms with Gasteiger partial charge in [0.05, 0.1) is 22.4 Å². The maximum absolute atomic E-state index is 11.7. The van der Waals surface area contributed by atoms with Crippen LogP contribution < -0.4 is 10.1 Å². The van der Waals surface area contributed by atoms with Crippen LogP contribution in [0.2, 0.25) is 10.0 Å². The number of nitrogens with one attached hydrogen (secondary N) is 1. The summed E-state index contributed by atoms with van der Waals surface area (Å²) in [4.78, 5) is 19.5. The highest BCUT2D eigenvalue weighted by molar-refractivity contribution is 6.32. The van der Waals surface area contributed by atoms with E-state index in [0.717, 1.165) is 0 Å². The quantitative estimate of drug-likeness (QED) is 0.845. The van der Waals surface area contributed by atoms with E-state index in [1.54, 1.807) is 32.9 Å². The fourth-order valence-electron chi connectivity index (χ4n) is 1.53. The number of hydrogen-bond acceptors (Lipinski definition) is 5. The summed E-state index contributed by atoms with van der Waals surface area (Å²) in [5.41, 5.74) is -0.100. The van der Waals surface area contributed by atoms with Crippen LogP contribution in [0, 0.1) is 0 Å². The van der Waals surface area contributed by atoms with Crippen molar-refractivity contribution in [3.63, 3.8) is 0 Å². The lowest BCUT2D eigenvalue weighted by atomic mass is 10.2. The van der Waals surface area contributed by atoms with Gasteiger partial charge in [0.1, 0.15) is 11.4 Å². The van der Waals surface area contributed by atoms with Gasteiger partial charge in [-0.15, -0.1) is 0 Å². The van der Waals surface area contributed by atoms with Crippen LogP contribution in [0.5, 0.6) is 11.8 Å². The first kappa shape index (κ1) is 17.3. The van der Waals surface area contributed by atoms with Crippen LogP contribution in [0.25, 0.3) is 0 Å². The zero-order valence-corrected chi connectivity index (χ0v) is 14.3. The minimum absolute atomic E-state index is 0.115. The average molecular weight is 356 g/mol. The number of halogens is 2. The lowest BCUT2D eigenvalue weighted by Crippen LogP contribution is -2.27. The first-order valence-electron chi connectivity index (χ1n) is 6.68. The first-order valence-corrected chi connectivity index (χ1v) is 7.43. The van der Waals surface area contributed by atoms with Gasteiger partial charge in [-0.2, -0.15) is 0 Å². The van der Waals surface area contributed by atoms with Gasteiger partial charge < -0.3 is 9.47 Å². The molecule has 0 aliphatic carbocycles. The molecule has 122 valence electrons. The number of ether oxygens (including phenoxy) is 2. The normalized spacial score (nSPS) is 11.0. The number of carbonyl (C=O) groups is 1. The molecule has 2 rings (SSSR count). The molecule has 6 nitrogen and oxygen atoms in total. The van der Waals surface area contributed by atoms with Crippen LogP contribution in [-0.4, -0.2) is 21.7 Å². The summed E-state index contributed by atoms with van der Waals surface area (Å²) in [5.74, 6) is 0.351. The molecule has 1 aromatic heterocycles. The molecule has 0 spiro atoms. The highest BCUT2D eigenvalue weighted by atomic mass is 35.5. The van der Waals surface area contributed by atoms with Crippen molar-refractivity contribution in [2.24, 2.45) is 0 Å². The first-order chi connectivity index (χ1) is 10.7. The van der Waals surface area contributed by atoms with Crippen LogP contribution in [0.4, 0.5) is 10.5 Å². The van der Waals surface area contributed by atoms with Crippen LogP contribution in [0.15, 0.2) is 30.6 Å². The zero-order chi connectivity index (χ0) is 17.0. The van der Waals surface area contributed by atoms with E-state index in [1.165, 1.54) is 18.5 Å². The minimum Gasteiger partial charge on any atom is -0.444 e. The smallest absolute Gasteiger partial charge is 0.412 e. The van der Waals surface area contributed by atoms with Gasteiger partial charge >= 0.3 is 12.1 Å². The second-order valence-electron chi connectivity index (χ2n) is 5.56. The van der Waals surface area contributed by atoms with E-state index in [-0.39, 0.29) is 11.0 Å². The van der Waals surface area contributed by atoms with E-state index in [0.29, 0.717) is 16.5 Å². The van der Waals surface area contributed by atoms with Crippen LogP contribution in [0.3, 0.4) is 0 Å². The van der Waals surface area contributed by atoms with E-state index >= 15 is 0 Å². The monoisotopic (exact) mass is 355 g/mol. The van der Waals surface area contributed by atoms with Crippen molar-refractivity contribution >= 4 is 35.0 Å². The summed E-state index contributed by atoms with van der Waals surface area (Å²) in [6.07, 6.45) is 2.26. The number of benzene rings is 1. The fraction of sp³-hybridized carbons (Fsp3) is 0.267. The summed E-state index contributed by atoms with van der Waals surface area (Å²) < 4.78 is 10.6. The van der Waals surface area contributed by atoms with Gasteiger partial charge in [-0.25, -0.2) is 14.8 Å². The molecule has 23 heavy (non-hydrogen) atoms. The third-order valence-electron chi connectivity index (χ3n) is 2.38. The fourth-order valence-corrected chi connectivity index (χ4v) is 1.85. The molecular weight excluding hydrogens is 341 g/mol. The number of hydrogen-bond donors (Lipinski definition) is 1. The minimum atomic E-state index is -0.581. The van der Waals surface area contributed by atoms with Crippen LogP contribution in [-0.2, 0) is 4.74 Å². The van der Waals surface area contributed by atoms with Gasteiger partial charge in [-0.05, 0) is 39.0 Å². The predicted molar refractivity (Wildman–Crippen MR) is 88.4 cm³/mol. The maximum atomic E-state index is 11.7. The Morgan fingerprint density at radius 2 is 1.83 bits per heavy atom. The van der Waals surface area contributed by atoms with Crippen molar-refractivity contribution < 1.29 is 14.3 Å². The molecule has 0 unspecified atom stereocenters. The molecule has 0 bridgehead atoms. The Morgan fingerprint density at radius 3 is 2.39 bits per heavy atom. The molecule has 1 amide bonds. The second-order valence-corrected chi connectivity index (χ2v) is 6.40. The van der Waals surface area contributed by atoms with Crippen molar-refractivity contribution in [2.75, 3.05) is 5.32 Å². The van der Waals surface area contributed by atoms with Crippen molar-refractivity contribution in [3.8, 4) is 11.8 Å². The van der Waals surface area contributed by atoms with E-state index < -0.39 is 11.7 Å². The Morgan fingerprint density at radius 1 is 1.17 bits per heavy atom. The highest BCUT2D eigenvalue weighted by Crippen LogP contribution is 2.30. The Bertz CT molecular complexity index is 700. The lowest BCUT2D eigenvalue weighted by molar-refractivity contribution is 0.0636. The molecular formula is C15H15Cl2N3O3. The molecule has 0 radical (unpaired) electrons. The molecule has 8 heteroatoms. The van der Waals surface area contributed by atoms with Crippen LogP contribution >= 0.6 is 23.2 Å². The third kappa shape index (κ3) is 5.58. The average Bonchev–Trinajstić information content (AvgIpc) is 2.42. The Hall–Kier alpha value is -2.05. The van der Waals surface area contributed by atoms with Gasteiger partial charge in [-0.1, -0.05) is 23.2 Å². The van der Waals surface area contributed by atoms with Crippen molar-refractivity contribution in [1.82, 2.24) is 9.97 Å². The van der Waals surface area contributed by atoms with Gasteiger partial charge in [0.25, 0.3) is 0 Å². The van der Waals surface area contributed by atoms with Gasteiger partial charge in [0, 0.05) is 5.69 Å². The largest absolute Gasteiger partial charge is 0.444 e. The number of nitrogens with zero attached hydrogens (tertiary/aromatic N) is 2. The zero-order valence-electron chi connectivity index (χ0n) is 12.8. The molecule has 1 N–H and O–H groups in total. The Balaban J connectivity index is 2.05. The van der Waals surface area contributed by atoms with Crippen molar-refractivity contribution in [2.45, 2.75) is 26.4 Å². The van der Waals surface area contributed by atoms with E-state index in [1.807, 2.05) is 0 Å². The molecule has 0 saturated carbocycles. The number of carbonyl (C=O) groups excluding carboxylic acids is 1. The summed E-state index contributed by atoms with van der Waals surface area (Å²) in [7, 11) is 0. The van der Waals surface area contributed by atoms with Crippen molar-refractivity contribution in [3.05, 3.63) is 40.6 Å². The van der Waals surface area contributed by atoms with E-state index in [4.69, 9.17) is 32.7 Å². The van der Waals surface area contributed by atoms with Crippen molar-refractivity contribution in [1.29, 1.82) is 0 Å². The second kappa shape index (κ2) is 7.02. The molecule has 1 heterocycles. The molecule has 2 aromatic rings. The van der Waals surface area contributed by atoms with Gasteiger partial charge in [-0.3, -0.25) is 5.32 Å². The predicted octanol–water partition coefficient (Wildman–Crippen LogP) is 4.92. The number of anilines is 1. The van der Waals surface area contributed by atoms with Gasteiger partial charge in [0.2, 0.25) is 0 Å². The van der Waals surface area contributed by atoms with E-state index in [9.17, 15) is 4.79 Å². The van der Waals surface area contributed by atoms with Gasteiger partial charge in [0.15, 0.2) is 0 Å². The lowest BCUT2D eigenvalue weighted by Gasteiger charge is -2.19. The summed E-state index contributed by atoms with van der Waals surface area (Å²) in [6.45, 7) is 5.34. The van der Waals surface area contributed by atoms with Crippen LogP contribution in [0.1, 0.15) is 20.8 Å².